The number of hydrogen-bond donors (Lipinski definition) is 0. The molecular weight excluding hydrogens is 386 g/mol. The largest absolute Gasteiger partial charge is 0.469 e. The Labute approximate surface area is 165 Å². The highest BCUT2D eigenvalue weighted by Gasteiger charge is 2.32. The first-order valence-electron chi connectivity index (χ1n) is 8.82. The van der Waals surface area contributed by atoms with Crippen LogP contribution in [0.2, 0.25) is 5.02 Å². The zero-order valence-electron chi connectivity index (χ0n) is 15.1. The number of halogens is 1. The van der Waals surface area contributed by atoms with Gasteiger partial charge in [-0.2, -0.15) is 4.31 Å². The minimum atomic E-state index is -3.64. The Morgan fingerprint density at radius 1 is 1.22 bits per heavy atom. The van der Waals surface area contributed by atoms with E-state index in [2.05, 4.69) is 0 Å². The molecule has 3 rings (SSSR count). The van der Waals surface area contributed by atoms with Crippen LogP contribution in [0, 0.1) is 0 Å². The summed E-state index contributed by atoms with van der Waals surface area (Å²) in [6, 6.07) is 14.2. The van der Waals surface area contributed by atoms with Crippen LogP contribution >= 0.6 is 11.6 Å². The lowest BCUT2D eigenvalue weighted by atomic mass is 9.90. The van der Waals surface area contributed by atoms with Crippen LogP contribution in [0.15, 0.2) is 53.4 Å². The molecule has 0 radical (unpaired) electrons. The molecule has 27 heavy (non-hydrogen) atoms. The van der Waals surface area contributed by atoms with Gasteiger partial charge in [-0.25, -0.2) is 8.42 Å². The van der Waals surface area contributed by atoms with Crippen molar-refractivity contribution < 1.29 is 17.9 Å². The lowest BCUT2D eigenvalue weighted by Crippen LogP contribution is -2.39. The molecule has 0 saturated carbocycles. The SMILES string of the molecule is COC(=O)Cc1cccc(C2CCCN(S(=O)(=O)c3ccccc3Cl)C2)c1. The first-order chi connectivity index (χ1) is 12.9. The van der Waals surface area contributed by atoms with E-state index in [4.69, 9.17) is 16.3 Å². The van der Waals surface area contributed by atoms with E-state index < -0.39 is 10.0 Å². The summed E-state index contributed by atoms with van der Waals surface area (Å²) < 4.78 is 32.3. The van der Waals surface area contributed by atoms with Crippen LogP contribution < -0.4 is 0 Å². The topological polar surface area (TPSA) is 63.7 Å². The zero-order valence-corrected chi connectivity index (χ0v) is 16.7. The summed E-state index contributed by atoms with van der Waals surface area (Å²) in [5.74, 6) is -0.215. The van der Waals surface area contributed by atoms with Gasteiger partial charge in [0.25, 0.3) is 0 Å². The third-order valence-electron chi connectivity index (χ3n) is 4.84. The summed E-state index contributed by atoms with van der Waals surface area (Å²) in [5.41, 5.74) is 1.90. The lowest BCUT2D eigenvalue weighted by molar-refractivity contribution is -0.139. The Morgan fingerprint density at radius 2 is 2.00 bits per heavy atom. The van der Waals surface area contributed by atoms with Gasteiger partial charge in [-0.3, -0.25) is 4.79 Å². The fraction of sp³-hybridized carbons (Fsp3) is 0.350. The van der Waals surface area contributed by atoms with Gasteiger partial charge in [0, 0.05) is 13.1 Å². The van der Waals surface area contributed by atoms with E-state index in [0.29, 0.717) is 13.1 Å². The Hall–Kier alpha value is -1.89. The maximum absolute atomic E-state index is 13.0. The highest BCUT2D eigenvalue weighted by atomic mass is 35.5. The van der Waals surface area contributed by atoms with Crippen molar-refractivity contribution in [2.75, 3.05) is 20.2 Å². The van der Waals surface area contributed by atoms with Crippen molar-refractivity contribution in [2.45, 2.75) is 30.1 Å². The van der Waals surface area contributed by atoms with Crippen molar-refractivity contribution in [2.24, 2.45) is 0 Å². The molecule has 0 aliphatic carbocycles. The molecular formula is C20H22ClNO4S. The van der Waals surface area contributed by atoms with E-state index in [-0.39, 0.29) is 28.2 Å². The summed E-state index contributed by atoms with van der Waals surface area (Å²) in [7, 11) is -2.27. The van der Waals surface area contributed by atoms with Crippen LogP contribution in [0.4, 0.5) is 0 Å². The molecule has 5 nitrogen and oxygen atoms in total. The molecule has 1 atom stereocenters. The van der Waals surface area contributed by atoms with Crippen molar-refractivity contribution in [3.05, 3.63) is 64.7 Å². The molecule has 1 fully saturated rings. The number of piperidine rings is 1. The van der Waals surface area contributed by atoms with Gasteiger partial charge in [0.15, 0.2) is 0 Å². The molecule has 1 aliphatic rings. The molecule has 7 heteroatoms. The second kappa shape index (κ2) is 8.42. The standard InChI is InChI=1S/C20H22ClNO4S/c1-26-20(23)13-15-6-4-7-16(12-15)17-8-5-11-22(14-17)27(24,25)19-10-3-2-9-18(19)21/h2-4,6-7,9-10,12,17H,5,8,11,13-14H2,1H3. The quantitative estimate of drug-likeness (QED) is 0.710. The number of esters is 1. The van der Waals surface area contributed by atoms with E-state index in [0.717, 1.165) is 24.0 Å². The van der Waals surface area contributed by atoms with Crippen molar-refractivity contribution >= 4 is 27.6 Å². The summed E-state index contributed by atoms with van der Waals surface area (Å²) in [6.07, 6.45) is 1.88. The van der Waals surface area contributed by atoms with E-state index in [9.17, 15) is 13.2 Å². The number of sulfonamides is 1. The average molecular weight is 408 g/mol. The molecule has 1 unspecified atom stereocenters. The molecule has 2 aromatic carbocycles. The van der Waals surface area contributed by atoms with Crippen molar-refractivity contribution in [1.29, 1.82) is 0 Å². The van der Waals surface area contributed by atoms with Gasteiger partial charge in [-0.15, -0.1) is 0 Å². The van der Waals surface area contributed by atoms with Crippen LogP contribution in [0.5, 0.6) is 0 Å². The minimum Gasteiger partial charge on any atom is -0.469 e. The highest BCUT2D eigenvalue weighted by molar-refractivity contribution is 7.89. The Kier molecular flexibility index (Phi) is 6.19. The van der Waals surface area contributed by atoms with Gasteiger partial charge in [0.2, 0.25) is 10.0 Å². The number of methoxy groups -OCH3 is 1. The van der Waals surface area contributed by atoms with E-state index in [1.54, 1.807) is 18.2 Å². The second-order valence-corrected chi connectivity index (χ2v) is 8.94. The highest BCUT2D eigenvalue weighted by Crippen LogP contribution is 2.32. The Balaban J connectivity index is 1.81. The molecule has 0 amide bonds. The smallest absolute Gasteiger partial charge is 0.309 e. The van der Waals surface area contributed by atoms with Gasteiger partial charge in [-0.1, -0.05) is 48.0 Å². The molecule has 0 N–H and O–H groups in total. The molecule has 0 spiro atoms. The zero-order chi connectivity index (χ0) is 19.4. The predicted octanol–water partition coefficient (Wildman–Crippen LogP) is 3.62. The van der Waals surface area contributed by atoms with E-state index in [1.165, 1.54) is 17.5 Å². The monoisotopic (exact) mass is 407 g/mol. The number of ether oxygens (including phenoxy) is 1. The van der Waals surface area contributed by atoms with Gasteiger partial charge >= 0.3 is 5.97 Å². The van der Waals surface area contributed by atoms with E-state index in [1.807, 2.05) is 24.3 Å². The van der Waals surface area contributed by atoms with Crippen LogP contribution in [0.25, 0.3) is 0 Å². The Bertz CT molecular complexity index is 929. The average Bonchev–Trinajstić information content (AvgIpc) is 2.68. The normalized spacial score (nSPS) is 18.2. The first-order valence-corrected chi connectivity index (χ1v) is 10.6. The molecule has 0 aromatic heterocycles. The first kappa shape index (κ1) is 19.9. The van der Waals surface area contributed by atoms with Gasteiger partial charge < -0.3 is 4.74 Å². The molecule has 144 valence electrons. The fourth-order valence-electron chi connectivity index (χ4n) is 3.42. The summed E-state index contributed by atoms with van der Waals surface area (Å²) in [5, 5.41) is 0.236. The van der Waals surface area contributed by atoms with Crippen LogP contribution in [-0.2, 0) is 26.0 Å². The lowest BCUT2D eigenvalue weighted by Gasteiger charge is -2.32. The van der Waals surface area contributed by atoms with Crippen molar-refractivity contribution in [3.8, 4) is 0 Å². The number of carbonyl (C=O) groups excluding carboxylic acids is 1. The number of benzene rings is 2. The third kappa shape index (κ3) is 4.51. The molecule has 1 heterocycles. The van der Waals surface area contributed by atoms with Gasteiger partial charge in [0.1, 0.15) is 4.90 Å². The van der Waals surface area contributed by atoms with Crippen molar-refractivity contribution in [3.63, 3.8) is 0 Å². The predicted molar refractivity (Wildman–Crippen MR) is 104 cm³/mol. The molecule has 2 aromatic rings. The molecule has 0 bridgehead atoms. The number of carbonyl (C=O) groups is 1. The maximum atomic E-state index is 13.0. The second-order valence-electron chi connectivity index (χ2n) is 6.63. The maximum Gasteiger partial charge on any atom is 0.309 e. The summed E-state index contributed by atoms with van der Waals surface area (Å²) in [6.45, 7) is 0.876. The van der Waals surface area contributed by atoms with Gasteiger partial charge in [-0.05, 0) is 42.0 Å². The number of hydrogen-bond acceptors (Lipinski definition) is 4. The van der Waals surface area contributed by atoms with Crippen LogP contribution in [0.1, 0.15) is 29.9 Å². The van der Waals surface area contributed by atoms with Gasteiger partial charge in [0.05, 0.1) is 18.6 Å². The minimum absolute atomic E-state index is 0.0774. The number of nitrogens with zero attached hydrogens (tertiary/aromatic N) is 1. The summed E-state index contributed by atoms with van der Waals surface area (Å²) >= 11 is 6.11. The van der Waals surface area contributed by atoms with Crippen LogP contribution in [0.3, 0.4) is 0 Å². The van der Waals surface area contributed by atoms with E-state index >= 15 is 0 Å². The molecule has 1 saturated heterocycles. The fourth-order valence-corrected chi connectivity index (χ4v) is 5.44. The Morgan fingerprint density at radius 3 is 2.74 bits per heavy atom. The molecule has 1 aliphatic heterocycles. The summed E-state index contributed by atoms with van der Waals surface area (Å²) in [4.78, 5) is 11.7. The van der Waals surface area contributed by atoms with Crippen LogP contribution in [-0.4, -0.2) is 38.9 Å². The van der Waals surface area contributed by atoms with Crippen molar-refractivity contribution in [1.82, 2.24) is 4.31 Å². The number of rotatable bonds is 5. The third-order valence-corrected chi connectivity index (χ3v) is 7.20.